The number of hydrogen-bond acceptors (Lipinski definition) is 4. The molecule has 23 heavy (non-hydrogen) atoms. The van der Waals surface area contributed by atoms with Crippen molar-refractivity contribution in [2.75, 3.05) is 26.9 Å². The number of carbonyl (C=O) groups excluding carboxylic acids is 1. The third-order valence-electron chi connectivity index (χ3n) is 2.84. The lowest BCUT2D eigenvalue weighted by Crippen LogP contribution is -2.43. The topological polar surface area (TPSA) is 98.0 Å². The van der Waals surface area contributed by atoms with E-state index in [2.05, 4.69) is 15.6 Å². The summed E-state index contributed by atoms with van der Waals surface area (Å²) in [5.74, 6) is 0.821. The van der Waals surface area contributed by atoms with Crippen molar-refractivity contribution in [2.45, 2.75) is 26.4 Å². The molecule has 1 aromatic carbocycles. The first kappa shape index (κ1) is 18.8. The minimum absolute atomic E-state index is 0.133. The van der Waals surface area contributed by atoms with Gasteiger partial charge in [0.2, 0.25) is 0 Å². The SMILES string of the molecule is CCNC(=NCc1cccc(OCC(N)=O)c1)NC(C)COC. The molecule has 1 amide bonds. The number of nitrogens with one attached hydrogen (secondary N) is 2. The van der Waals surface area contributed by atoms with E-state index in [1.807, 2.05) is 32.0 Å². The van der Waals surface area contributed by atoms with Gasteiger partial charge in [0.25, 0.3) is 5.91 Å². The van der Waals surface area contributed by atoms with Crippen LogP contribution in [0.25, 0.3) is 0 Å². The lowest BCUT2D eigenvalue weighted by atomic mass is 10.2. The van der Waals surface area contributed by atoms with Crippen LogP contribution in [-0.4, -0.2) is 44.8 Å². The molecule has 4 N–H and O–H groups in total. The molecule has 0 radical (unpaired) electrons. The summed E-state index contributed by atoms with van der Waals surface area (Å²) in [6.07, 6.45) is 0. The van der Waals surface area contributed by atoms with Gasteiger partial charge in [-0.05, 0) is 31.5 Å². The summed E-state index contributed by atoms with van der Waals surface area (Å²) in [5.41, 5.74) is 6.04. The molecular formula is C16H26N4O3. The monoisotopic (exact) mass is 322 g/mol. The molecule has 7 nitrogen and oxygen atoms in total. The highest BCUT2D eigenvalue weighted by molar-refractivity contribution is 5.80. The van der Waals surface area contributed by atoms with Crippen LogP contribution in [-0.2, 0) is 16.1 Å². The summed E-state index contributed by atoms with van der Waals surface area (Å²) in [5, 5.41) is 6.45. The molecule has 128 valence electrons. The van der Waals surface area contributed by atoms with Gasteiger partial charge in [-0.15, -0.1) is 0 Å². The van der Waals surface area contributed by atoms with Crippen molar-refractivity contribution in [3.63, 3.8) is 0 Å². The maximum absolute atomic E-state index is 10.7. The minimum Gasteiger partial charge on any atom is -0.484 e. The second kappa shape index (κ2) is 10.4. The number of nitrogens with zero attached hydrogens (tertiary/aromatic N) is 1. The van der Waals surface area contributed by atoms with Gasteiger partial charge in [-0.2, -0.15) is 0 Å². The van der Waals surface area contributed by atoms with Crippen LogP contribution in [0, 0.1) is 0 Å². The van der Waals surface area contributed by atoms with Gasteiger partial charge in [0.15, 0.2) is 12.6 Å². The quantitative estimate of drug-likeness (QED) is 0.458. The molecule has 0 bridgehead atoms. The van der Waals surface area contributed by atoms with Crippen LogP contribution in [0.15, 0.2) is 29.3 Å². The highest BCUT2D eigenvalue weighted by atomic mass is 16.5. The van der Waals surface area contributed by atoms with Gasteiger partial charge in [-0.1, -0.05) is 12.1 Å². The fourth-order valence-electron chi connectivity index (χ4n) is 1.90. The summed E-state index contributed by atoms with van der Waals surface area (Å²) in [4.78, 5) is 15.3. The summed E-state index contributed by atoms with van der Waals surface area (Å²) in [6, 6.07) is 7.58. The Kier molecular flexibility index (Phi) is 8.52. The van der Waals surface area contributed by atoms with Gasteiger partial charge >= 0.3 is 0 Å². The predicted octanol–water partition coefficient (Wildman–Crippen LogP) is 0.641. The maximum atomic E-state index is 10.7. The number of benzene rings is 1. The Morgan fingerprint density at radius 1 is 1.43 bits per heavy atom. The lowest BCUT2D eigenvalue weighted by molar-refractivity contribution is -0.119. The number of guanidine groups is 1. The van der Waals surface area contributed by atoms with E-state index >= 15 is 0 Å². The van der Waals surface area contributed by atoms with E-state index in [0.29, 0.717) is 18.9 Å². The molecule has 0 aromatic heterocycles. The van der Waals surface area contributed by atoms with Crippen molar-refractivity contribution >= 4 is 11.9 Å². The van der Waals surface area contributed by atoms with Crippen molar-refractivity contribution in [1.82, 2.24) is 10.6 Å². The highest BCUT2D eigenvalue weighted by Gasteiger charge is 2.05. The van der Waals surface area contributed by atoms with Crippen molar-refractivity contribution in [3.05, 3.63) is 29.8 Å². The van der Waals surface area contributed by atoms with E-state index in [-0.39, 0.29) is 12.6 Å². The Bertz CT molecular complexity index is 520. The molecule has 1 atom stereocenters. The first-order valence-electron chi connectivity index (χ1n) is 7.59. The van der Waals surface area contributed by atoms with E-state index in [1.165, 1.54) is 0 Å². The number of nitrogens with two attached hydrogens (primary N) is 1. The number of hydrogen-bond donors (Lipinski definition) is 3. The highest BCUT2D eigenvalue weighted by Crippen LogP contribution is 2.13. The zero-order valence-electron chi connectivity index (χ0n) is 14.0. The molecule has 0 aliphatic rings. The fourth-order valence-corrected chi connectivity index (χ4v) is 1.90. The maximum Gasteiger partial charge on any atom is 0.255 e. The molecule has 0 aliphatic carbocycles. The third kappa shape index (κ3) is 8.06. The smallest absolute Gasteiger partial charge is 0.255 e. The fraction of sp³-hybridized carbons (Fsp3) is 0.500. The molecule has 0 saturated heterocycles. The van der Waals surface area contributed by atoms with Crippen LogP contribution in [0.1, 0.15) is 19.4 Å². The first-order chi connectivity index (χ1) is 11.0. The first-order valence-corrected chi connectivity index (χ1v) is 7.59. The molecule has 0 fully saturated rings. The van der Waals surface area contributed by atoms with Crippen LogP contribution in [0.3, 0.4) is 0 Å². The summed E-state index contributed by atoms with van der Waals surface area (Å²) in [7, 11) is 1.67. The van der Waals surface area contributed by atoms with E-state index in [9.17, 15) is 4.79 Å². The molecule has 0 spiro atoms. The van der Waals surface area contributed by atoms with Crippen LogP contribution in [0.4, 0.5) is 0 Å². The zero-order valence-corrected chi connectivity index (χ0v) is 14.0. The molecule has 1 rings (SSSR count). The number of amides is 1. The second-order valence-electron chi connectivity index (χ2n) is 5.10. The van der Waals surface area contributed by atoms with Gasteiger partial charge in [0, 0.05) is 19.7 Å². The van der Waals surface area contributed by atoms with Gasteiger partial charge in [0.1, 0.15) is 5.75 Å². The Morgan fingerprint density at radius 2 is 2.22 bits per heavy atom. The minimum atomic E-state index is -0.501. The van der Waals surface area contributed by atoms with Crippen LogP contribution in [0.2, 0.25) is 0 Å². The Hall–Kier alpha value is -2.28. The van der Waals surface area contributed by atoms with Gasteiger partial charge in [-0.25, -0.2) is 4.99 Å². The van der Waals surface area contributed by atoms with E-state index in [4.69, 9.17) is 15.2 Å². The molecule has 1 aromatic rings. The molecular weight excluding hydrogens is 296 g/mol. The molecule has 0 saturated carbocycles. The number of rotatable bonds is 9. The average Bonchev–Trinajstić information content (AvgIpc) is 2.51. The Morgan fingerprint density at radius 3 is 2.87 bits per heavy atom. The Labute approximate surface area is 137 Å². The number of ether oxygens (including phenoxy) is 2. The Balaban J connectivity index is 2.67. The van der Waals surface area contributed by atoms with Crippen molar-refractivity contribution in [2.24, 2.45) is 10.7 Å². The number of aliphatic imine (C=N–C) groups is 1. The van der Waals surface area contributed by atoms with Gasteiger partial charge in [0.05, 0.1) is 13.2 Å². The number of methoxy groups -OCH3 is 1. The molecule has 0 heterocycles. The normalized spacial score (nSPS) is 12.6. The third-order valence-corrected chi connectivity index (χ3v) is 2.84. The second-order valence-corrected chi connectivity index (χ2v) is 5.10. The van der Waals surface area contributed by atoms with Crippen molar-refractivity contribution in [1.29, 1.82) is 0 Å². The lowest BCUT2D eigenvalue weighted by Gasteiger charge is -2.17. The zero-order chi connectivity index (χ0) is 17.1. The van der Waals surface area contributed by atoms with Crippen molar-refractivity contribution < 1.29 is 14.3 Å². The van der Waals surface area contributed by atoms with E-state index in [1.54, 1.807) is 13.2 Å². The van der Waals surface area contributed by atoms with Gasteiger partial charge in [-0.3, -0.25) is 4.79 Å². The van der Waals surface area contributed by atoms with Crippen LogP contribution < -0.4 is 21.1 Å². The van der Waals surface area contributed by atoms with Crippen LogP contribution >= 0.6 is 0 Å². The molecule has 1 unspecified atom stereocenters. The predicted molar refractivity (Wildman–Crippen MR) is 90.4 cm³/mol. The van der Waals surface area contributed by atoms with E-state index < -0.39 is 5.91 Å². The van der Waals surface area contributed by atoms with Gasteiger partial charge < -0.3 is 25.8 Å². The summed E-state index contributed by atoms with van der Waals surface area (Å²) in [6.45, 7) is 5.76. The summed E-state index contributed by atoms with van der Waals surface area (Å²) < 4.78 is 10.4. The molecule has 7 heteroatoms. The largest absolute Gasteiger partial charge is 0.484 e. The average molecular weight is 322 g/mol. The number of primary amides is 1. The van der Waals surface area contributed by atoms with Crippen LogP contribution in [0.5, 0.6) is 5.75 Å². The molecule has 0 aliphatic heterocycles. The van der Waals surface area contributed by atoms with Crippen molar-refractivity contribution in [3.8, 4) is 5.75 Å². The summed E-state index contributed by atoms with van der Waals surface area (Å²) >= 11 is 0. The van der Waals surface area contributed by atoms with E-state index in [0.717, 1.165) is 18.1 Å². The number of carbonyl (C=O) groups is 1. The standard InChI is InChI=1S/C16H26N4O3/c1-4-18-16(20-12(2)10-22-3)19-9-13-6-5-7-14(8-13)23-11-15(17)21/h5-8,12H,4,9-11H2,1-3H3,(H2,17,21)(H2,18,19,20).